The minimum Gasteiger partial charge on any atom is -0.468 e. The summed E-state index contributed by atoms with van der Waals surface area (Å²) in [4.78, 5) is 23.0. The van der Waals surface area contributed by atoms with Crippen molar-refractivity contribution in [3.05, 3.63) is 35.9 Å². The molecule has 1 aromatic carbocycles. The maximum atomic E-state index is 11.7. The number of carbonyl (C=O) groups excluding carboxylic acids is 2. The number of methoxy groups -OCH3 is 1. The fourth-order valence-electron chi connectivity index (χ4n) is 2.40. The van der Waals surface area contributed by atoms with Crippen LogP contribution in [0.5, 0.6) is 0 Å². The molecule has 0 heterocycles. The van der Waals surface area contributed by atoms with Crippen molar-refractivity contribution >= 4 is 12.1 Å². The number of amides is 1. The largest absolute Gasteiger partial charge is 0.468 e. The predicted octanol–water partition coefficient (Wildman–Crippen LogP) is 1.59. The molecule has 1 aliphatic carbocycles. The van der Waals surface area contributed by atoms with E-state index < -0.39 is 6.09 Å². The van der Waals surface area contributed by atoms with E-state index in [1.165, 1.54) is 7.11 Å². The number of nitrogens with one attached hydrogen (secondary N) is 2. The second-order valence-corrected chi connectivity index (χ2v) is 5.48. The highest BCUT2D eigenvalue weighted by Crippen LogP contribution is 2.20. The Morgan fingerprint density at radius 3 is 2.55 bits per heavy atom. The maximum Gasteiger partial charge on any atom is 0.407 e. The molecular weight excluding hydrogens is 284 g/mol. The van der Waals surface area contributed by atoms with Gasteiger partial charge in [0.15, 0.2) is 0 Å². The lowest BCUT2D eigenvalue weighted by atomic mass is 9.86. The van der Waals surface area contributed by atoms with Gasteiger partial charge >= 0.3 is 12.1 Å². The number of benzene rings is 1. The Bertz CT molecular complexity index is 500. The van der Waals surface area contributed by atoms with Crippen LogP contribution in [-0.4, -0.2) is 37.3 Å². The van der Waals surface area contributed by atoms with Crippen molar-refractivity contribution in [1.29, 1.82) is 0 Å². The molecule has 22 heavy (non-hydrogen) atoms. The normalized spacial score (nSPS) is 21.4. The molecule has 0 aromatic heterocycles. The van der Waals surface area contributed by atoms with Gasteiger partial charge in [-0.15, -0.1) is 0 Å². The van der Waals surface area contributed by atoms with Gasteiger partial charge in [0.25, 0.3) is 0 Å². The first kappa shape index (κ1) is 16.3. The zero-order valence-corrected chi connectivity index (χ0v) is 12.9. The smallest absolute Gasteiger partial charge is 0.407 e. The van der Waals surface area contributed by atoms with E-state index in [9.17, 15) is 9.59 Å². The Kier molecular flexibility index (Phi) is 5.77. The van der Waals surface area contributed by atoms with Gasteiger partial charge in [-0.05, 0) is 25.3 Å². The third kappa shape index (κ3) is 4.73. The highest BCUT2D eigenvalue weighted by Gasteiger charge is 2.32. The summed E-state index contributed by atoms with van der Waals surface area (Å²) in [6, 6.07) is 9.51. The average Bonchev–Trinajstić information content (AvgIpc) is 2.50. The molecular formula is C16H22N2O4. The van der Waals surface area contributed by atoms with Crippen LogP contribution in [0.25, 0.3) is 0 Å². The Morgan fingerprint density at radius 2 is 1.91 bits per heavy atom. The molecule has 1 aromatic rings. The molecule has 0 bridgehead atoms. The van der Waals surface area contributed by atoms with Crippen molar-refractivity contribution in [2.24, 2.45) is 0 Å². The van der Waals surface area contributed by atoms with Crippen LogP contribution >= 0.6 is 0 Å². The number of rotatable bonds is 6. The van der Waals surface area contributed by atoms with E-state index in [-0.39, 0.29) is 30.7 Å². The van der Waals surface area contributed by atoms with E-state index >= 15 is 0 Å². The Hall–Kier alpha value is -2.08. The number of esters is 1. The molecule has 0 aliphatic heterocycles. The van der Waals surface area contributed by atoms with Crippen molar-refractivity contribution in [1.82, 2.24) is 10.6 Å². The molecule has 0 spiro atoms. The molecule has 0 radical (unpaired) electrons. The molecule has 0 saturated heterocycles. The molecule has 1 fully saturated rings. The van der Waals surface area contributed by atoms with Gasteiger partial charge in [-0.1, -0.05) is 30.3 Å². The van der Waals surface area contributed by atoms with Gasteiger partial charge < -0.3 is 20.1 Å². The van der Waals surface area contributed by atoms with Crippen LogP contribution < -0.4 is 10.6 Å². The third-order valence-corrected chi connectivity index (χ3v) is 3.71. The van der Waals surface area contributed by atoms with Crippen LogP contribution in [-0.2, 0) is 20.9 Å². The summed E-state index contributed by atoms with van der Waals surface area (Å²) in [7, 11) is 1.37. The molecule has 1 aliphatic rings. The van der Waals surface area contributed by atoms with Crippen LogP contribution in [0.15, 0.2) is 30.3 Å². The molecule has 6 heteroatoms. The quantitative estimate of drug-likeness (QED) is 0.781. The Labute approximate surface area is 130 Å². The molecule has 1 atom stereocenters. The first-order valence-electron chi connectivity index (χ1n) is 7.39. The summed E-state index contributed by atoms with van der Waals surface area (Å²) in [6.45, 7) is 2.03. The van der Waals surface area contributed by atoms with Gasteiger partial charge in [-0.2, -0.15) is 0 Å². The number of alkyl carbamates (subject to hydrolysis) is 1. The fourth-order valence-corrected chi connectivity index (χ4v) is 2.40. The maximum absolute atomic E-state index is 11.7. The van der Waals surface area contributed by atoms with E-state index in [0.717, 1.165) is 18.4 Å². The van der Waals surface area contributed by atoms with Gasteiger partial charge in [0.1, 0.15) is 12.6 Å². The van der Waals surface area contributed by atoms with E-state index in [2.05, 4.69) is 15.4 Å². The number of hydrogen-bond acceptors (Lipinski definition) is 5. The fraction of sp³-hybridized carbons (Fsp3) is 0.500. The van der Waals surface area contributed by atoms with Crippen LogP contribution in [0.3, 0.4) is 0 Å². The summed E-state index contributed by atoms with van der Waals surface area (Å²) >= 11 is 0. The van der Waals surface area contributed by atoms with Crippen molar-refractivity contribution in [2.75, 3.05) is 7.11 Å². The second kappa shape index (κ2) is 7.79. The van der Waals surface area contributed by atoms with Crippen LogP contribution in [0, 0.1) is 0 Å². The van der Waals surface area contributed by atoms with Crippen molar-refractivity contribution < 1.29 is 19.1 Å². The summed E-state index contributed by atoms with van der Waals surface area (Å²) in [5.41, 5.74) is 0.956. The Balaban J connectivity index is 1.61. The SMILES string of the molecule is COC(=O)[C@H](C)NC1CC(NC(=O)OCc2ccccc2)C1. The van der Waals surface area contributed by atoms with E-state index in [1.54, 1.807) is 6.92 Å². The predicted molar refractivity (Wildman–Crippen MR) is 81.2 cm³/mol. The van der Waals surface area contributed by atoms with Gasteiger partial charge in [0, 0.05) is 12.1 Å². The molecule has 6 nitrogen and oxygen atoms in total. The highest BCUT2D eigenvalue weighted by molar-refractivity contribution is 5.75. The lowest BCUT2D eigenvalue weighted by Crippen LogP contribution is -2.55. The zero-order valence-electron chi connectivity index (χ0n) is 12.9. The van der Waals surface area contributed by atoms with Crippen molar-refractivity contribution in [3.8, 4) is 0 Å². The lowest BCUT2D eigenvalue weighted by molar-refractivity contribution is -0.143. The summed E-state index contributed by atoms with van der Waals surface area (Å²) in [5.74, 6) is -0.279. The minimum absolute atomic E-state index is 0.0885. The van der Waals surface area contributed by atoms with Gasteiger partial charge in [0.2, 0.25) is 0 Å². The van der Waals surface area contributed by atoms with Crippen LogP contribution in [0.4, 0.5) is 4.79 Å². The van der Waals surface area contributed by atoms with Gasteiger partial charge in [-0.3, -0.25) is 4.79 Å². The minimum atomic E-state index is -0.409. The summed E-state index contributed by atoms with van der Waals surface area (Å²) < 4.78 is 9.82. The molecule has 2 N–H and O–H groups in total. The topological polar surface area (TPSA) is 76.7 Å². The van der Waals surface area contributed by atoms with Crippen molar-refractivity contribution in [2.45, 2.75) is 44.5 Å². The Morgan fingerprint density at radius 1 is 1.23 bits per heavy atom. The first-order chi connectivity index (χ1) is 10.6. The van der Waals surface area contributed by atoms with E-state index in [4.69, 9.17) is 4.74 Å². The lowest BCUT2D eigenvalue weighted by Gasteiger charge is -2.37. The zero-order chi connectivity index (χ0) is 15.9. The van der Waals surface area contributed by atoms with Gasteiger partial charge in [-0.25, -0.2) is 4.79 Å². The second-order valence-electron chi connectivity index (χ2n) is 5.48. The van der Waals surface area contributed by atoms with Crippen LogP contribution in [0.1, 0.15) is 25.3 Å². The number of carbonyl (C=O) groups is 2. The monoisotopic (exact) mass is 306 g/mol. The molecule has 2 rings (SSSR count). The van der Waals surface area contributed by atoms with Crippen LogP contribution in [0.2, 0.25) is 0 Å². The number of hydrogen-bond donors (Lipinski definition) is 2. The standard InChI is InChI=1S/C16H22N2O4/c1-11(15(19)21-2)17-13-8-14(9-13)18-16(20)22-10-12-6-4-3-5-7-12/h3-7,11,13-14,17H,8-10H2,1-2H3,(H,18,20)/t11-,13?,14?/m0/s1. The summed E-state index contributed by atoms with van der Waals surface area (Å²) in [5, 5.41) is 5.98. The highest BCUT2D eigenvalue weighted by atomic mass is 16.5. The molecule has 1 saturated carbocycles. The van der Waals surface area contributed by atoms with E-state index in [1.807, 2.05) is 30.3 Å². The molecule has 1 amide bonds. The number of ether oxygens (including phenoxy) is 2. The van der Waals surface area contributed by atoms with Gasteiger partial charge in [0.05, 0.1) is 7.11 Å². The van der Waals surface area contributed by atoms with E-state index in [0.29, 0.717) is 0 Å². The van der Waals surface area contributed by atoms with Crippen molar-refractivity contribution in [3.63, 3.8) is 0 Å². The molecule has 120 valence electrons. The average molecular weight is 306 g/mol. The molecule has 0 unspecified atom stereocenters. The third-order valence-electron chi connectivity index (χ3n) is 3.71. The summed E-state index contributed by atoms with van der Waals surface area (Å²) in [6.07, 6.45) is 1.15. The first-order valence-corrected chi connectivity index (χ1v) is 7.39.